The highest BCUT2D eigenvalue weighted by atomic mass is 16.2. The summed E-state index contributed by atoms with van der Waals surface area (Å²) in [7, 11) is 1.72. The fraction of sp³-hybridized carbons (Fsp3) is 0.500. The van der Waals surface area contributed by atoms with E-state index in [2.05, 4.69) is 5.32 Å². The van der Waals surface area contributed by atoms with Crippen LogP contribution in [0.25, 0.3) is 0 Å². The van der Waals surface area contributed by atoms with Gasteiger partial charge in [0.2, 0.25) is 11.8 Å². The van der Waals surface area contributed by atoms with Gasteiger partial charge in [0.25, 0.3) is 0 Å². The van der Waals surface area contributed by atoms with Gasteiger partial charge in [0.05, 0.1) is 0 Å². The zero-order valence-electron chi connectivity index (χ0n) is 13.0. The van der Waals surface area contributed by atoms with Gasteiger partial charge in [-0.05, 0) is 25.8 Å². The molecular formula is C16H25N3O2. The topological polar surface area (TPSA) is 75.4 Å². The number of nitrogens with one attached hydrogen (secondary N) is 1. The van der Waals surface area contributed by atoms with E-state index in [0.717, 1.165) is 5.56 Å². The molecule has 5 nitrogen and oxygen atoms in total. The summed E-state index contributed by atoms with van der Waals surface area (Å²) in [6.45, 7) is 4.22. The fourth-order valence-corrected chi connectivity index (χ4v) is 2.02. The highest BCUT2D eigenvalue weighted by molar-refractivity contribution is 5.87. The van der Waals surface area contributed by atoms with Crippen LogP contribution in [0.3, 0.4) is 0 Å². The summed E-state index contributed by atoms with van der Waals surface area (Å²) in [5, 5.41) is 2.72. The number of likely N-dealkylation sites (N-methyl/N-ethyl adjacent to an activating group) is 1. The molecule has 1 aromatic rings. The molecule has 0 saturated heterocycles. The summed E-state index contributed by atoms with van der Waals surface area (Å²) >= 11 is 0. The van der Waals surface area contributed by atoms with E-state index in [-0.39, 0.29) is 17.9 Å². The zero-order chi connectivity index (χ0) is 15.8. The summed E-state index contributed by atoms with van der Waals surface area (Å²) in [6, 6.07) is 9.01. The highest BCUT2D eigenvalue weighted by Crippen LogP contribution is 2.14. The highest BCUT2D eigenvalue weighted by Gasteiger charge is 2.18. The molecular weight excluding hydrogens is 266 g/mol. The molecule has 0 spiro atoms. The lowest BCUT2D eigenvalue weighted by atomic mass is 10.0. The largest absolute Gasteiger partial charge is 0.345 e. The quantitative estimate of drug-likeness (QED) is 0.798. The van der Waals surface area contributed by atoms with Gasteiger partial charge in [0.15, 0.2) is 0 Å². The van der Waals surface area contributed by atoms with Crippen LogP contribution >= 0.6 is 0 Å². The van der Waals surface area contributed by atoms with E-state index < -0.39 is 6.04 Å². The number of nitrogens with zero attached hydrogens (tertiary/aromatic N) is 1. The number of carbonyl (C=O) groups is 2. The molecule has 2 atom stereocenters. The molecule has 0 fully saturated rings. The molecule has 5 heteroatoms. The van der Waals surface area contributed by atoms with Crippen molar-refractivity contribution in [3.8, 4) is 0 Å². The van der Waals surface area contributed by atoms with Crippen LogP contribution in [0, 0.1) is 0 Å². The summed E-state index contributed by atoms with van der Waals surface area (Å²) < 4.78 is 0. The van der Waals surface area contributed by atoms with E-state index >= 15 is 0 Å². The first kappa shape index (κ1) is 17.2. The van der Waals surface area contributed by atoms with Crippen LogP contribution in [0.15, 0.2) is 30.3 Å². The molecule has 21 heavy (non-hydrogen) atoms. The SMILES string of the molecule is CCN(C)C(=O)C(C)NC(=O)CCC(N)c1ccccc1. The van der Waals surface area contributed by atoms with Gasteiger partial charge in [-0.25, -0.2) is 0 Å². The van der Waals surface area contributed by atoms with Crippen molar-refractivity contribution in [2.45, 2.75) is 38.8 Å². The maximum Gasteiger partial charge on any atom is 0.244 e. The van der Waals surface area contributed by atoms with E-state index in [1.165, 1.54) is 0 Å². The number of amides is 2. The Bertz CT molecular complexity index is 462. The number of rotatable bonds is 7. The predicted octanol–water partition coefficient (Wildman–Crippen LogP) is 1.45. The molecule has 0 bridgehead atoms. The number of hydrogen-bond acceptors (Lipinski definition) is 3. The lowest BCUT2D eigenvalue weighted by Gasteiger charge is -2.21. The molecule has 0 aliphatic heterocycles. The molecule has 2 unspecified atom stereocenters. The van der Waals surface area contributed by atoms with E-state index in [0.29, 0.717) is 19.4 Å². The minimum atomic E-state index is -0.504. The first-order valence-electron chi connectivity index (χ1n) is 7.30. The third kappa shape index (κ3) is 5.55. The van der Waals surface area contributed by atoms with Crippen LogP contribution in [0.1, 0.15) is 38.3 Å². The third-order valence-electron chi connectivity index (χ3n) is 3.51. The molecule has 1 aromatic carbocycles. The van der Waals surface area contributed by atoms with Gasteiger partial charge in [-0.1, -0.05) is 30.3 Å². The number of carbonyl (C=O) groups excluding carboxylic acids is 2. The van der Waals surface area contributed by atoms with Crippen LogP contribution < -0.4 is 11.1 Å². The lowest BCUT2D eigenvalue weighted by molar-refractivity contribution is -0.134. The van der Waals surface area contributed by atoms with Crippen molar-refractivity contribution in [3.63, 3.8) is 0 Å². The monoisotopic (exact) mass is 291 g/mol. The van der Waals surface area contributed by atoms with Crippen LogP contribution in [0.5, 0.6) is 0 Å². The third-order valence-corrected chi connectivity index (χ3v) is 3.51. The predicted molar refractivity (Wildman–Crippen MR) is 83.5 cm³/mol. The number of hydrogen-bond donors (Lipinski definition) is 2. The van der Waals surface area contributed by atoms with Crippen molar-refractivity contribution >= 4 is 11.8 Å². The smallest absolute Gasteiger partial charge is 0.244 e. The molecule has 1 rings (SSSR count). The molecule has 0 heterocycles. The second kappa shape index (κ2) is 8.42. The van der Waals surface area contributed by atoms with Crippen molar-refractivity contribution in [3.05, 3.63) is 35.9 Å². The Hall–Kier alpha value is -1.88. The van der Waals surface area contributed by atoms with Crippen LogP contribution in [-0.4, -0.2) is 36.3 Å². The Balaban J connectivity index is 2.39. The second-order valence-corrected chi connectivity index (χ2v) is 5.20. The minimum Gasteiger partial charge on any atom is -0.345 e. The van der Waals surface area contributed by atoms with Gasteiger partial charge in [-0.15, -0.1) is 0 Å². The maximum atomic E-state index is 11.9. The van der Waals surface area contributed by atoms with Crippen molar-refractivity contribution in [1.29, 1.82) is 0 Å². The average Bonchev–Trinajstić information content (AvgIpc) is 2.51. The number of benzene rings is 1. The zero-order valence-corrected chi connectivity index (χ0v) is 13.0. The first-order valence-corrected chi connectivity index (χ1v) is 7.30. The Kier molecular flexibility index (Phi) is 6.88. The van der Waals surface area contributed by atoms with Crippen LogP contribution in [0.2, 0.25) is 0 Å². The fourth-order valence-electron chi connectivity index (χ4n) is 2.02. The van der Waals surface area contributed by atoms with Gasteiger partial charge in [-0.2, -0.15) is 0 Å². The first-order chi connectivity index (χ1) is 9.95. The van der Waals surface area contributed by atoms with Crippen LogP contribution in [0.4, 0.5) is 0 Å². The molecule has 0 aliphatic rings. The van der Waals surface area contributed by atoms with Gasteiger partial charge in [-0.3, -0.25) is 9.59 Å². The lowest BCUT2D eigenvalue weighted by Crippen LogP contribution is -2.45. The van der Waals surface area contributed by atoms with E-state index in [1.807, 2.05) is 37.3 Å². The van der Waals surface area contributed by atoms with Gasteiger partial charge < -0.3 is 16.0 Å². The average molecular weight is 291 g/mol. The summed E-state index contributed by atoms with van der Waals surface area (Å²) in [5.41, 5.74) is 7.06. The van der Waals surface area contributed by atoms with E-state index in [4.69, 9.17) is 5.73 Å². The molecule has 116 valence electrons. The van der Waals surface area contributed by atoms with Gasteiger partial charge in [0.1, 0.15) is 6.04 Å². The van der Waals surface area contributed by atoms with Crippen molar-refractivity contribution in [2.24, 2.45) is 5.73 Å². The Morgan fingerprint density at radius 1 is 1.29 bits per heavy atom. The van der Waals surface area contributed by atoms with Crippen molar-refractivity contribution < 1.29 is 9.59 Å². The molecule has 3 N–H and O–H groups in total. The summed E-state index contributed by atoms with van der Waals surface area (Å²) in [6.07, 6.45) is 0.865. The normalized spacial score (nSPS) is 13.3. The van der Waals surface area contributed by atoms with Gasteiger partial charge >= 0.3 is 0 Å². The number of nitrogens with two attached hydrogens (primary N) is 1. The maximum absolute atomic E-state index is 11.9. The van der Waals surface area contributed by atoms with Crippen molar-refractivity contribution in [1.82, 2.24) is 10.2 Å². The standard InChI is InChI=1S/C16H25N3O2/c1-4-19(3)16(21)12(2)18-15(20)11-10-14(17)13-8-6-5-7-9-13/h5-9,12,14H,4,10-11,17H2,1-3H3,(H,18,20). The van der Waals surface area contributed by atoms with E-state index in [1.54, 1.807) is 18.9 Å². The summed E-state index contributed by atoms with van der Waals surface area (Å²) in [4.78, 5) is 25.3. The van der Waals surface area contributed by atoms with Gasteiger partial charge in [0, 0.05) is 26.1 Å². The minimum absolute atomic E-state index is 0.0850. The van der Waals surface area contributed by atoms with E-state index in [9.17, 15) is 9.59 Å². The Morgan fingerprint density at radius 2 is 1.90 bits per heavy atom. The molecule has 2 amide bonds. The molecule has 0 aromatic heterocycles. The van der Waals surface area contributed by atoms with Crippen LogP contribution in [-0.2, 0) is 9.59 Å². The van der Waals surface area contributed by atoms with Crippen molar-refractivity contribution in [2.75, 3.05) is 13.6 Å². The summed E-state index contributed by atoms with van der Waals surface area (Å²) in [5.74, 6) is -0.232. The Morgan fingerprint density at radius 3 is 2.48 bits per heavy atom. The molecule has 0 radical (unpaired) electrons. The Labute approximate surface area is 126 Å². The molecule has 0 saturated carbocycles. The molecule has 0 aliphatic carbocycles. The second-order valence-electron chi connectivity index (χ2n) is 5.20.